The Bertz CT molecular complexity index is 457. The van der Waals surface area contributed by atoms with E-state index in [2.05, 4.69) is 15.6 Å². The number of hydrogen-bond acceptors (Lipinski definition) is 5. The number of nitrogens with one attached hydrogen (secondary N) is 1. The van der Waals surface area contributed by atoms with Crippen LogP contribution in [0.5, 0.6) is 0 Å². The summed E-state index contributed by atoms with van der Waals surface area (Å²) in [6.45, 7) is 1.83. The molecule has 2 aromatic heterocycles. The van der Waals surface area contributed by atoms with E-state index in [1.54, 1.807) is 19.2 Å². The summed E-state index contributed by atoms with van der Waals surface area (Å²) >= 11 is 0. The lowest BCUT2D eigenvalue weighted by atomic mass is 10.5. The quantitative estimate of drug-likeness (QED) is 0.781. The Balaban J connectivity index is 1.94. The van der Waals surface area contributed by atoms with Gasteiger partial charge in [-0.25, -0.2) is 0 Å². The van der Waals surface area contributed by atoms with E-state index >= 15 is 0 Å². The molecule has 0 aliphatic carbocycles. The topological polar surface area (TPSA) is 99.0 Å². The summed E-state index contributed by atoms with van der Waals surface area (Å²) in [5.41, 5.74) is 5.99. The Labute approximate surface area is 91.2 Å². The molecule has 2 aromatic rings. The molecule has 0 aromatic carbocycles. The van der Waals surface area contributed by atoms with E-state index in [0.29, 0.717) is 17.3 Å². The van der Waals surface area contributed by atoms with Crippen LogP contribution in [-0.2, 0) is 11.3 Å². The predicted octanol–water partition coefficient (Wildman–Crippen LogP) is 0.400. The minimum absolute atomic E-state index is 0.0864. The summed E-state index contributed by atoms with van der Waals surface area (Å²) in [5.74, 6) is 0.790. The predicted molar refractivity (Wildman–Crippen MR) is 56.5 cm³/mol. The summed E-state index contributed by atoms with van der Waals surface area (Å²) in [6, 6.07) is 1.63. The van der Waals surface area contributed by atoms with Gasteiger partial charge in [-0.05, 0) is 6.92 Å². The molecule has 0 aliphatic rings. The average Bonchev–Trinajstić information content (AvgIpc) is 2.76. The highest BCUT2D eigenvalue weighted by atomic mass is 16.5. The highest BCUT2D eigenvalue weighted by Gasteiger charge is 2.07. The summed E-state index contributed by atoms with van der Waals surface area (Å²) in [5, 5.41) is 10.1. The maximum Gasteiger partial charge on any atom is 0.247 e. The Morgan fingerprint density at radius 3 is 3.06 bits per heavy atom. The van der Waals surface area contributed by atoms with E-state index < -0.39 is 0 Å². The second-order valence-corrected chi connectivity index (χ2v) is 3.34. The molecule has 7 heteroatoms. The normalized spacial score (nSPS) is 10.3. The van der Waals surface area contributed by atoms with E-state index in [0.717, 1.165) is 0 Å². The monoisotopic (exact) mass is 221 g/mol. The van der Waals surface area contributed by atoms with Gasteiger partial charge in [0.15, 0.2) is 5.82 Å². The fraction of sp³-hybridized carbons (Fsp3) is 0.222. The van der Waals surface area contributed by atoms with E-state index in [1.807, 2.05) is 0 Å². The van der Waals surface area contributed by atoms with Gasteiger partial charge in [-0.2, -0.15) is 5.10 Å². The van der Waals surface area contributed by atoms with Crippen LogP contribution in [0.4, 0.5) is 11.5 Å². The van der Waals surface area contributed by atoms with Crippen LogP contribution in [0.25, 0.3) is 0 Å². The lowest BCUT2D eigenvalue weighted by Gasteiger charge is -2.00. The molecule has 1 amide bonds. The molecule has 0 fully saturated rings. The van der Waals surface area contributed by atoms with Gasteiger partial charge in [0, 0.05) is 12.3 Å². The first-order chi connectivity index (χ1) is 7.63. The summed E-state index contributed by atoms with van der Waals surface area (Å²) in [7, 11) is 0. The van der Waals surface area contributed by atoms with Gasteiger partial charge in [-0.3, -0.25) is 9.48 Å². The average molecular weight is 221 g/mol. The van der Waals surface area contributed by atoms with Crippen LogP contribution >= 0.6 is 0 Å². The Morgan fingerprint density at radius 2 is 2.50 bits per heavy atom. The van der Waals surface area contributed by atoms with Crippen molar-refractivity contribution in [3.63, 3.8) is 0 Å². The minimum Gasteiger partial charge on any atom is -0.396 e. The van der Waals surface area contributed by atoms with Crippen molar-refractivity contribution >= 4 is 17.4 Å². The largest absolute Gasteiger partial charge is 0.396 e. The highest BCUT2D eigenvalue weighted by Crippen LogP contribution is 2.07. The van der Waals surface area contributed by atoms with Gasteiger partial charge in [0.2, 0.25) is 5.91 Å². The van der Waals surface area contributed by atoms with E-state index in [9.17, 15) is 4.79 Å². The molecule has 2 heterocycles. The van der Waals surface area contributed by atoms with Crippen molar-refractivity contribution in [1.82, 2.24) is 14.9 Å². The molecule has 0 spiro atoms. The van der Waals surface area contributed by atoms with Gasteiger partial charge >= 0.3 is 0 Å². The van der Waals surface area contributed by atoms with Crippen LogP contribution in [0.2, 0.25) is 0 Å². The van der Waals surface area contributed by atoms with Crippen LogP contribution in [0.15, 0.2) is 23.0 Å². The second kappa shape index (κ2) is 4.05. The molecule has 0 saturated carbocycles. The lowest BCUT2D eigenvalue weighted by Crippen LogP contribution is -2.19. The molecule has 84 valence electrons. The van der Waals surface area contributed by atoms with E-state index in [4.69, 9.17) is 10.3 Å². The minimum atomic E-state index is -0.239. The lowest BCUT2D eigenvalue weighted by molar-refractivity contribution is -0.116. The van der Waals surface area contributed by atoms with Gasteiger partial charge < -0.3 is 15.6 Å². The SMILES string of the molecule is Cc1cc(NC(=O)Cn2cc(N)cn2)no1. The molecule has 0 radical (unpaired) electrons. The third-order valence-electron chi connectivity index (χ3n) is 1.85. The Hall–Kier alpha value is -2.31. The van der Waals surface area contributed by atoms with Crippen LogP contribution in [0.3, 0.4) is 0 Å². The number of nitrogens with two attached hydrogens (primary N) is 1. The third kappa shape index (κ3) is 2.38. The molecule has 3 N–H and O–H groups in total. The highest BCUT2D eigenvalue weighted by molar-refractivity contribution is 5.89. The standard InChI is InChI=1S/C9H11N5O2/c1-6-2-8(13-16-6)12-9(15)5-14-4-7(10)3-11-14/h2-4H,5,10H2,1H3,(H,12,13,15). The molecule has 2 rings (SSSR count). The molecule has 0 atom stereocenters. The van der Waals surface area contributed by atoms with Crippen molar-refractivity contribution in [3.05, 3.63) is 24.2 Å². The van der Waals surface area contributed by atoms with E-state index in [1.165, 1.54) is 10.9 Å². The molecular weight excluding hydrogens is 210 g/mol. The summed E-state index contributed by atoms with van der Waals surface area (Å²) < 4.78 is 6.25. The van der Waals surface area contributed by atoms with Crippen molar-refractivity contribution in [2.24, 2.45) is 0 Å². The Morgan fingerprint density at radius 1 is 1.69 bits per heavy atom. The zero-order chi connectivity index (χ0) is 11.5. The number of nitrogens with zero attached hydrogens (tertiary/aromatic N) is 3. The van der Waals surface area contributed by atoms with E-state index in [-0.39, 0.29) is 12.5 Å². The molecule has 0 unspecified atom stereocenters. The van der Waals surface area contributed by atoms with Crippen molar-refractivity contribution in [1.29, 1.82) is 0 Å². The number of carbonyl (C=O) groups is 1. The third-order valence-corrected chi connectivity index (χ3v) is 1.85. The molecule has 16 heavy (non-hydrogen) atoms. The Kier molecular flexibility index (Phi) is 2.59. The maximum absolute atomic E-state index is 11.5. The molecule has 7 nitrogen and oxygen atoms in total. The van der Waals surface area contributed by atoms with Gasteiger partial charge in [-0.1, -0.05) is 5.16 Å². The number of hydrogen-bond donors (Lipinski definition) is 2. The van der Waals surface area contributed by atoms with Crippen molar-refractivity contribution < 1.29 is 9.32 Å². The van der Waals surface area contributed by atoms with Crippen molar-refractivity contribution in [2.45, 2.75) is 13.5 Å². The summed E-state index contributed by atoms with van der Waals surface area (Å²) in [4.78, 5) is 11.5. The number of amides is 1. The van der Waals surface area contributed by atoms with Gasteiger partial charge in [0.1, 0.15) is 12.3 Å². The number of aryl methyl sites for hydroxylation is 1. The second-order valence-electron chi connectivity index (χ2n) is 3.34. The van der Waals surface area contributed by atoms with Crippen LogP contribution < -0.4 is 11.1 Å². The van der Waals surface area contributed by atoms with Crippen LogP contribution in [-0.4, -0.2) is 20.8 Å². The first-order valence-electron chi connectivity index (χ1n) is 4.64. The van der Waals surface area contributed by atoms with Gasteiger partial charge in [-0.15, -0.1) is 0 Å². The smallest absolute Gasteiger partial charge is 0.247 e. The number of rotatable bonds is 3. The molecule has 0 aliphatic heterocycles. The molecular formula is C9H11N5O2. The van der Waals surface area contributed by atoms with Crippen LogP contribution in [0.1, 0.15) is 5.76 Å². The number of anilines is 2. The first kappa shape index (κ1) is 10.2. The zero-order valence-corrected chi connectivity index (χ0v) is 8.67. The van der Waals surface area contributed by atoms with Gasteiger partial charge in [0.25, 0.3) is 0 Å². The first-order valence-corrected chi connectivity index (χ1v) is 4.64. The maximum atomic E-state index is 11.5. The van der Waals surface area contributed by atoms with Crippen LogP contribution in [0, 0.1) is 6.92 Å². The number of nitrogen functional groups attached to an aromatic ring is 1. The fourth-order valence-electron chi connectivity index (χ4n) is 1.22. The molecule has 0 saturated heterocycles. The van der Waals surface area contributed by atoms with Gasteiger partial charge in [0.05, 0.1) is 11.9 Å². The number of carbonyl (C=O) groups excluding carboxylic acids is 1. The summed E-state index contributed by atoms with van der Waals surface area (Å²) in [6.07, 6.45) is 3.06. The van der Waals surface area contributed by atoms with Crippen molar-refractivity contribution in [3.8, 4) is 0 Å². The number of aromatic nitrogens is 3. The zero-order valence-electron chi connectivity index (χ0n) is 8.67. The van der Waals surface area contributed by atoms with Crippen molar-refractivity contribution in [2.75, 3.05) is 11.1 Å². The fourth-order valence-corrected chi connectivity index (χ4v) is 1.22. The molecule has 0 bridgehead atoms.